The summed E-state index contributed by atoms with van der Waals surface area (Å²) < 4.78 is 5.53. The van der Waals surface area contributed by atoms with Gasteiger partial charge in [-0.1, -0.05) is 26.0 Å². The van der Waals surface area contributed by atoms with Crippen LogP contribution in [0.25, 0.3) is 0 Å². The van der Waals surface area contributed by atoms with Crippen LogP contribution in [-0.4, -0.2) is 34.9 Å². The molecule has 2 heterocycles. The minimum Gasteiger partial charge on any atom is -0.468 e. The molecule has 1 atom stereocenters. The van der Waals surface area contributed by atoms with E-state index in [-0.39, 0.29) is 5.91 Å². The monoisotopic (exact) mass is 375 g/mol. The first-order valence-corrected chi connectivity index (χ1v) is 10.7. The van der Waals surface area contributed by atoms with Crippen LogP contribution >= 0.6 is 23.5 Å². The maximum absolute atomic E-state index is 12.7. The van der Waals surface area contributed by atoms with Crippen molar-refractivity contribution >= 4 is 29.4 Å². The van der Waals surface area contributed by atoms with Crippen LogP contribution in [0, 0.1) is 0 Å². The largest absolute Gasteiger partial charge is 0.468 e. The summed E-state index contributed by atoms with van der Waals surface area (Å²) in [5.41, 5.74) is 1.09. The Morgan fingerprint density at radius 1 is 1.28 bits per heavy atom. The molecule has 0 aliphatic carbocycles. The Morgan fingerprint density at radius 3 is 2.76 bits per heavy atom. The first-order valence-electron chi connectivity index (χ1n) is 8.80. The maximum Gasteiger partial charge on any atom is 0.227 e. The van der Waals surface area contributed by atoms with Crippen molar-refractivity contribution in [1.29, 1.82) is 0 Å². The van der Waals surface area contributed by atoms with Crippen molar-refractivity contribution in [2.45, 2.75) is 42.1 Å². The lowest BCUT2D eigenvalue weighted by Gasteiger charge is -2.20. The number of thioether (sulfide) groups is 2. The molecule has 1 amide bonds. The summed E-state index contributed by atoms with van der Waals surface area (Å²) >= 11 is 3.74. The first-order chi connectivity index (χ1) is 12.1. The number of carbonyl (C=O) groups is 1. The van der Waals surface area contributed by atoms with E-state index in [1.54, 1.807) is 6.26 Å². The molecule has 2 aromatic rings. The van der Waals surface area contributed by atoms with Crippen LogP contribution in [-0.2, 0) is 11.2 Å². The van der Waals surface area contributed by atoms with E-state index in [0.717, 1.165) is 36.6 Å². The van der Waals surface area contributed by atoms with Gasteiger partial charge in [-0.05, 0) is 36.2 Å². The molecule has 1 aliphatic heterocycles. The van der Waals surface area contributed by atoms with Crippen molar-refractivity contribution in [3.05, 3.63) is 54.0 Å². The van der Waals surface area contributed by atoms with Gasteiger partial charge in [0.2, 0.25) is 5.91 Å². The fourth-order valence-electron chi connectivity index (χ4n) is 2.97. The molecule has 1 aromatic heterocycles. The minimum atomic E-state index is 0.227. The van der Waals surface area contributed by atoms with Crippen molar-refractivity contribution in [1.82, 2.24) is 4.90 Å². The lowest BCUT2D eigenvalue weighted by molar-refractivity contribution is -0.130. The van der Waals surface area contributed by atoms with Crippen molar-refractivity contribution in [3.63, 3.8) is 0 Å². The third-order valence-corrected chi connectivity index (χ3v) is 6.51. The number of rotatable bonds is 5. The molecule has 25 heavy (non-hydrogen) atoms. The first kappa shape index (κ1) is 18.5. The van der Waals surface area contributed by atoms with Crippen molar-refractivity contribution in [2.24, 2.45) is 0 Å². The van der Waals surface area contributed by atoms with E-state index < -0.39 is 0 Å². The van der Waals surface area contributed by atoms with Crippen LogP contribution in [0.2, 0.25) is 0 Å². The zero-order valence-electron chi connectivity index (χ0n) is 14.8. The van der Waals surface area contributed by atoms with Gasteiger partial charge >= 0.3 is 0 Å². The Balaban J connectivity index is 1.54. The molecular weight excluding hydrogens is 350 g/mol. The van der Waals surface area contributed by atoms with Crippen molar-refractivity contribution in [3.8, 4) is 0 Å². The highest BCUT2D eigenvalue weighted by Crippen LogP contribution is 2.34. The molecule has 134 valence electrons. The van der Waals surface area contributed by atoms with E-state index in [2.05, 4.69) is 38.1 Å². The Bertz CT molecular complexity index is 668. The van der Waals surface area contributed by atoms with Gasteiger partial charge in [0.25, 0.3) is 0 Å². The molecule has 5 heteroatoms. The molecule has 1 aliphatic rings. The second-order valence-electron chi connectivity index (χ2n) is 6.53. The van der Waals surface area contributed by atoms with Crippen LogP contribution < -0.4 is 0 Å². The van der Waals surface area contributed by atoms with Gasteiger partial charge in [0, 0.05) is 29.0 Å². The molecule has 0 bridgehead atoms. The van der Waals surface area contributed by atoms with E-state index in [0.29, 0.717) is 16.9 Å². The number of hydrogen-bond acceptors (Lipinski definition) is 4. The molecule has 0 N–H and O–H groups in total. The number of amides is 1. The average Bonchev–Trinajstić information content (AvgIpc) is 3.00. The second kappa shape index (κ2) is 8.86. The highest BCUT2D eigenvalue weighted by atomic mass is 32.2. The molecule has 1 unspecified atom stereocenters. The maximum atomic E-state index is 12.7. The quantitative estimate of drug-likeness (QED) is 0.686. The van der Waals surface area contributed by atoms with Gasteiger partial charge in [-0.25, -0.2) is 0 Å². The Morgan fingerprint density at radius 2 is 2.08 bits per heavy atom. The lowest BCUT2D eigenvalue weighted by atomic mass is 10.1. The average molecular weight is 376 g/mol. The molecular formula is C20H25NO2S2. The number of nitrogens with zero attached hydrogens (tertiary/aromatic N) is 1. The second-order valence-corrected chi connectivity index (χ2v) is 9.49. The van der Waals surface area contributed by atoms with E-state index in [4.69, 9.17) is 4.42 Å². The molecule has 0 spiro atoms. The predicted molar refractivity (Wildman–Crippen MR) is 106 cm³/mol. The fraction of sp³-hybridized carbons (Fsp3) is 0.450. The van der Waals surface area contributed by atoms with Gasteiger partial charge in [0.15, 0.2) is 0 Å². The van der Waals surface area contributed by atoms with E-state index in [9.17, 15) is 4.79 Å². The van der Waals surface area contributed by atoms with Crippen LogP contribution in [0.4, 0.5) is 0 Å². The summed E-state index contributed by atoms with van der Waals surface area (Å²) in [6, 6.07) is 12.4. The molecule has 1 fully saturated rings. The van der Waals surface area contributed by atoms with E-state index in [1.165, 1.54) is 4.90 Å². The normalized spacial score (nSPS) is 18.4. The SMILES string of the molecule is CC(C)Sc1ccc(CC(=O)N2CCSC(c3ccco3)CC2)cc1. The topological polar surface area (TPSA) is 33.5 Å². The third-order valence-electron chi connectivity index (χ3n) is 4.21. The van der Waals surface area contributed by atoms with Crippen LogP contribution in [0.1, 0.15) is 36.8 Å². The molecule has 0 radical (unpaired) electrons. The predicted octanol–water partition coefficient (Wildman–Crippen LogP) is 5.03. The van der Waals surface area contributed by atoms with Gasteiger partial charge in [0.1, 0.15) is 5.76 Å². The van der Waals surface area contributed by atoms with Crippen LogP contribution in [0.5, 0.6) is 0 Å². The summed E-state index contributed by atoms with van der Waals surface area (Å²) in [4.78, 5) is 15.9. The molecule has 3 nitrogen and oxygen atoms in total. The number of carbonyl (C=O) groups excluding carboxylic acids is 1. The zero-order chi connectivity index (χ0) is 17.6. The highest BCUT2D eigenvalue weighted by molar-refractivity contribution is 8.00. The van der Waals surface area contributed by atoms with Gasteiger partial charge < -0.3 is 9.32 Å². The summed E-state index contributed by atoms with van der Waals surface area (Å²) in [6.45, 7) is 6.01. The molecule has 0 saturated carbocycles. The summed E-state index contributed by atoms with van der Waals surface area (Å²) in [7, 11) is 0. The van der Waals surface area contributed by atoms with Gasteiger partial charge in [0.05, 0.1) is 17.9 Å². The van der Waals surface area contributed by atoms with Gasteiger partial charge in [-0.3, -0.25) is 4.79 Å². The summed E-state index contributed by atoms with van der Waals surface area (Å²) in [5, 5.41) is 0.935. The zero-order valence-corrected chi connectivity index (χ0v) is 16.4. The summed E-state index contributed by atoms with van der Waals surface area (Å²) in [6.07, 6.45) is 3.17. The fourth-order valence-corrected chi connectivity index (χ4v) is 4.98. The Hall–Kier alpha value is -1.33. The van der Waals surface area contributed by atoms with Crippen molar-refractivity contribution < 1.29 is 9.21 Å². The number of furan rings is 1. The van der Waals surface area contributed by atoms with Gasteiger partial charge in [-0.2, -0.15) is 0 Å². The van der Waals surface area contributed by atoms with Gasteiger partial charge in [-0.15, -0.1) is 23.5 Å². The Kier molecular flexibility index (Phi) is 6.54. The number of hydrogen-bond donors (Lipinski definition) is 0. The van der Waals surface area contributed by atoms with E-state index in [1.807, 2.05) is 40.6 Å². The lowest BCUT2D eigenvalue weighted by Crippen LogP contribution is -2.34. The molecule has 1 aromatic carbocycles. The van der Waals surface area contributed by atoms with Crippen LogP contribution in [0.15, 0.2) is 52.0 Å². The van der Waals surface area contributed by atoms with Crippen LogP contribution in [0.3, 0.4) is 0 Å². The molecule has 1 saturated heterocycles. The number of benzene rings is 1. The third kappa shape index (κ3) is 5.32. The molecule has 3 rings (SSSR count). The Labute approximate surface area is 158 Å². The smallest absolute Gasteiger partial charge is 0.227 e. The standard InChI is InChI=1S/C20H25NO2S2/c1-15(2)25-17-7-5-16(6-8-17)14-20(22)21-10-9-19(24-13-11-21)18-4-3-12-23-18/h3-8,12,15,19H,9-11,13-14H2,1-2H3. The highest BCUT2D eigenvalue weighted by Gasteiger charge is 2.23. The summed E-state index contributed by atoms with van der Waals surface area (Å²) in [5.74, 6) is 2.21. The minimum absolute atomic E-state index is 0.227. The van der Waals surface area contributed by atoms with Crippen molar-refractivity contribution in [2.75, 3.05) is 18.8 Å². The van der Waals surface area contributed by atoms with E-state index >= 15 is 0 Å².